The first-order valence-corrected chi connectivity index (χ1v) is 6.84. The van der Waals surface area contributed by atoms with Gasteiger partial charge < -0.3 is 14.1 Å². The molecule has 1 heterocycles. The van der Waals surface area contributed by atoms with Crippen molar-refractivity contribution in [2.75, 3.05) is 13.7 Å². The topological polar surface area (TPSA) is 59.8 Å². The number of furan rings is 1. The van der Waals surface area contributed by atoms with E-state index in [1.54, 1.807) is 12.1 Å². The third kappa shape index (κ3) is 4.38. The number of nitrogens with zero attached hydrogens (tertiary/aromatic N) is 1. The zero-order valence-electron chi connectivity index (χ0n) is 12.4. The van der Waals surface area contributed by atoms with E-state index < -0.39 is 23.5 Å². The molecular formula is C16H15F2NO4. The predicted molar refractivity (Wildman–Crippen MR) is 76.4 cm³/mol. The Bertz CT molecular complexity index is 685. The molecule has 2 rings (SSSR count). The van der Waals surface area contributed by atoms with Gasteiger partial charge in [-0.25, -0.2) is 8.78 Å². The lowest BCUT2D eigenvalue weighted by molar-refractivity contribution is -0.140. The minimum atomic E-state index is -1.11. The number of carbonyl (C=O) groups is 2. The molecule has 0 aliphatic rings. The van der Waals surface area contributed by atoms with E-state index >= 15 is 0 Å². The lowest BCUT2D eigenvalue weighted by Crippen LogP contribution is -2.32. The van der Waals surface area contributed by atoms with Crippen LogP contribution in [0.2, 0.25) is 0 Å². The molecule has 0 aliphatic heterocycles. The van der Waals surface area contributed by atoms with E-state index in [0.29, 0.717) is 5.76 Å². The molecule has 1 amide bonds. The standard InChI is InChI=1S/C16H15F2NO4/c1-22-15(20)6-7-19(10-12-3-2-8-23-12)16(21)11-4-5-13(17)14(18)9-11/h2-5,8-9H,6-7,10H2,1H3. The molecule has 122 valence electrons. The number of rotatable bonds is 6. The van der Waals surface area contributed by atoms with Crippen LogP contribution in [0.4, 0.5) is 8.78 Å². The second-order valence-corrected chi connectivity index (χ2v) is 4.76. The van der Waals surface area contributed by atoms with Crippen molar-refractivity contribution in [3.05, 3.63) is 59.6 Å². The normalized spacial score (nSPS) is 10.4. The molecule has 0 unspecified atom stereocenters. The Labute approximate surface area is 131 Å². The van der Waals surface area contributed by atoms with Crippen molar-refractivity contribution in [1.29, 1.82) is 0 Å². The fourth-order valence-electron chi connectivity index (χ4n) is 1.98. The van der Waals surface area contributed by atoms with Gasteiger partial charge in [-0.3, -0.25) is 9.59 Å². The molecule has 0 saturated heterocycles. The summed E-state index contributed by atoms with van der Waals surface area (Å²) >= 11 is 0. The van der Waals surface area contributed by atoms with Crippen LogP contribution in [0, 0.1) is 11.6 Å². The molecule has 0 aliphatic carbocycles. The molecule has 23 heavy (non-hydrogen) atoms. The maximum atomic E-state index is 13.3. The van der Waals surface area contributed by atoms with Crippen LogP contribution in [0.15, 0.2) is 41.0 Å². The summed E-state index contributed by atoms with van der Waals surface area (Å²) < 4.78 is 36.0. The van der Waals surface area contributed by atoms with E-state index in [0.717, 1.165) is 12.1 Å². The highest BCUT2D eigenvalue weighted by Gasteiger charge is 2.20. The SMILES string of the molecule is COC(=O)CCN(Cc1ccco1)C(=O)c1ccc(F)c(F)c1. The first kappa shape index (κ1) is 16.7. The van der Waals surface area contributed by atoms with Crippen molar-refractivity contribution in [2.45, 2.75) is 13.0 Å². The van der Waals surface area contributed by atoms with Crippen molar-refractivity contribution >= 4 is 11.9 Å². The highest BCUT2D eigenvalue weighted by Crippen LogP contribution is 2.14. The second-order valence-electron chi connectivity index (χ2n) is 4.76. The van der Waals surface area contributed by atoms with E-state index in [2.05, 4.69) is 4.74 Å². The Balaban J connectivity index is 2.18. The van der Waals surface area contributed by atoms with Crippen molar-refractivity contribution in [1.82, 2.24) is 4.90 Å². The number of hydrogen-bond donors (Lipinski definition) is 0. The highest BCUT2D eigenvalue weighted by atomic mass is 19.2. The van der Waals surface area contributed by atoms with Gasteiger partial charge in [0.15, 0.2) is 11.6 Å². The molecular weight excluding hydrogens is 308 g/mol. The van der Waals surface area contributed by atoms with Gasteiger partial charge in [-0.05, 0) is 30.3 Å². The summed E-state index contributed by atoms with van der Waals surface area (Å²) in [4.78, 5) is 25.1. The molecule has 0 atom stereocenters. The number of amides is 1. The van der Waals surface area contributed by atoms with Gasteiger partial charge in [-0.1, -0.05) is 0 Å². The first-order chi connectivity index (χ1) is 11.0. The summed E-state index contributed by atoms with van der Waals surface area (Å²) in [7, 11) is 1.25. The number of halogens is 2. The van der Waals surface area contributed by atoms with Gasteiger partial charge in [-0.15, -0.1) is 0 Å². The molecule has 1 aromatic carbocycles. The summed E-state index contributed by atoms with van der Waals surface area (Å²) in [6, 6.07) is 6.23. The minimum absolute atomic E-state index is 0.0136. The Morgan fingerprint density at radius 1 is 1.22 bits per heavy atom. The lowest BCUT2D eigenvalue weighted by Gasteiger charge is -2.21. The fourth-order valence-corrected chi connectivity index (χ4v) is 1.98. The summed E-state index contributed by atoms with van der Waals surface area (Å²) in [5.41, 5.74) is -0.0136. The zero-order valence-corrected chi connectivity index (χ0v) is 12.4. The zero-order chi connectivity index (χ0) is 16.8. The van der Waals surface area contributed by atoms with E-state index in [4.69, 9.17) is 4.42 Å². The molecule has 2 aromatic rings. The van der Waals surface area contributed by atoms with Crippen LogP contribution in [0.1, 0.15) is 22.5 Å². The molecule has 0 spiro atoms. The molecule has 1 aromatic heterocycles. The minimum Gasteiger partial charge on any atom is -0.469 e. The highest BCUT2D eigenvalue weighted by molar-refractivity contribution is 5.94. The van der Waals surface area contributed by atoms with Crippen LogP contribution < -0.4 is 0 Å². The van der Waals surface area contributed by atoms with E-state index in [-0.39, 0.29) is 25.1 Å². The van der Waals surface area contributed by atoms with Crippen molar-refractivity contribution in [2.24, 2.45) is 0 Å². The Morgan fingerprint density at radius 2 is 2.00 bits per heavy atom. The predicted octanol–water partition coefficient (Wildman–Crippen LogP) is 2.76. The second kappa shape index (κ2) is 7.53. The number of benzene rings is 1. The average Bonchev–Trinajstić information content (AvgIpc) is 3.06. The quantitative estimate of drug-likeness (QED) is 0.767. The summed E-state index contributed by atoms with van der Waals surface area (Å²) in [6.45, 7) is 0.160. The maximum absolute atomic E-state index is 13.3. The van der Waals surface area contributed by atoms with Gasteiger partial charge in [0, 0.05) is 12.1 Å². The lowest BCUT2D eigenvalue weighted by atomic mass is 10.1. The van der Waals surface area contributed by atoms with Crippen molar-refractivity contribution < 1.29 is 27.5 Å². The molecule has 0 fully saturated rings. The van der Waals surface area contributed by atoms with Gasteiger partial charge >= 0.3 is 5.97 Å². The van der Waals surface area contributed by atoms with Gasteiger partial charge in [0.1, 0.15) is 5.76 Å². The third-order valence-corrected chi connectivity index (χ3v) is 3.19. The maximum Gasteiger partial charge on any atom is 0.307 e. The molecule has 0 saturated carbocycles. The number of methoxy groups -OCH3 is 1. The van der Waals surface area contributed by atoms with Gasteiger partial charge in [0.05, 0.1) is 26.3 Å². The average molecular weight is 323 g/mol. The van der Waals surface area contributed by atoms with Crippen LogP contribution in [-0.2, 0) is 16.1 Å². The number of esters is 1. The molecule has 0 bridgehead atoms. The smallest absolute Gasteiger partial charge is 0.307 e. The van der Waals surface area contributed by atoms with Crippen LogP contribution >= 0.6 is 0 Å². The Morgan fingerprint density at radius 3 is 2.61 bits per heavy atom. The van der Waals surface area contributed by atoms with Crippen LogP contribution in [-0.4, -0.2) is 30.4 Å². The van der Waals surface area contributed by atoms with E-state index in [9.17, 15) is 18.4 Å². The molecule has 0 N–H and O–H groups in total. The van der Waals surface area contributed by atoms with Crippen molar-refractivity contribution in [3.63, 3.8) is 0 Å². The molecule has 7 heteroatoms. The first-order valence-electron chi connectivity index (χ1n) is 6.84. The van der Waals surface area contributed by atoms with Crippen LogP contribution in [0.5, 0.6) is 0 Å². The number of carbonyl (C=O) groups excluding carboxylic acids is 2. The Kier molecular flexibility index (Phi) is 5.46. The summed E-state index contributed by atoms with van der Waals surface area (Å²) in [5, 5.41) is 0. The van der Waals surface area contributed by atoms with Crippen molar-refractivity contribution in [3.8, 4) is 0 Å². The van der Waals surface area contributed by atoms with E-state index in [1.165, 1.54) is 24.3 Å². The summed E-state index contributed by atoms with van der Waals surface area (Å²) in [6.07, 6.45) is 1.43. The fraction of sp³-hybridized carbons (Fsp3) is 0.250. The summed E-state index contributed by atoms with van der Waals surface area (Å²) in [5.74, 6) is -2.65. The van der Waals surface area contributed by atoms with Gasteiger partial charge in [0.2, 0.25) is 0 Å². The van der Waals surface area contributed by atoms with Gasteiger partial charge in [-0.2, -0.15) is 0 Å². The Hall–Kier alpha value is -2.70. The van der Waals surface area contributed by atoms with Crippen LogP contribution in [0.25, 0.3) is 0 Å². The third-order valence-electron chi connectivity index (χ3n) is 3.19. The number of hydrogen-bond acceptors (Lipinski definition) is 4. The molecule has 0 radical (unpaired) electrons. The number of ether oxygens (including phenoxy) is 1. The van der Waals surface area contributed by atoms with Gasteiger partial charge in [0.25, 0.3) is 5.91 Å². The van der Waals surface area contributed by atoms with E-state index in [1.807, 2.05) is 0 Å². The molecule has 5 nitrogen and oxygen atoms in total. The monoisotopic (exact) mass is 323 g/mol. The largest absolute Gasteiger partial charge is 0.469 e. The van der Waals surface area contributed by atoms with Crippen LogP contribution in [0.3, 0.4) is 0 Å².